The SMILES string of the molecule is Cc1cc(F)ccc1COc1cccc(C(C)O)c1. The number of benzene rings is 2. The Balaban J connectivity index is 2.08. The van der Waals surface area contributed by atoms with Crippen molar-refractivity contribution in [2.45, 2.75) is 26.6 Å². The van der Waals surface area contributed by atoms with E-state index in [1.807, 2.05) is 31.2 Å². The van der Waals surface area contributed by atoms with E-state index in [0.717, 1.165) is 16.7 Å². The Bertz CT molecular complexity index is 564. The normalized spacial score (nSPS) is 12.2. The average molecular weight is 260 g/mol. The van der Waals surface area contributed by atoms with Gasteiger partial charge in [-0.1, -0.05) is 18.2 Å². The predicted molar refractivity (Wildman–Crippen MR) is 72.5 cm³/mol. The van der Waals surface area contributed by atoms with Crippen molar-refractivity contribution >= 4 is 0 Å². The highest BCUT2D eigenvalue weighted by molar-refractivity contribution is 5.31. The van der Waals surface area contributed by atoms with Crippen LogP contribution in [-0.4, -0.2) is 5.11 Å². The number of aliphatic hydroxyl groups is 1. The van der Waals surface area contributed by atoms with Crippen molar-refractivity contribution in [1.82, 2.24) is 0 Å². The molecule has 0 aliphatic rings. The maximum atomic E-state index is 13.0. The van der Waals surface area contributed by atoms with Crippen molar-refractivity contribution in [1.29, 1.82) is 0 Å². The van der Waals surface area contributed by atoms with Gasteiger partial charge >= 0.3 is 0 Å². The number of aliphatic hydroxyl groups excluding tert-OH is 1. The molecule has 2 aromatic carbocycles. The Kier molecular flexibility index (Phi) is 4.17. The van der Waals surface area contributed by atoms with Crippen molar-refractivity contribution in [3.8, 4) is 5.75 Å². The molecule has 2 nitrogen and oxygen atoms in total. The van der Waals surface area contributed by atoms with Crippen LogP contribution < -0.4 is 4.74 Å². The van der Waals surface area contributed by atoms with Gasteiger partial charge in [0, 0.05) is 0 Å². The molecule has 1 unspecified atom stereocenters. The van der Waals surface area contributed by atoms with E-state index in [9.17, 15) is 9.50 Å². The second kappa shape index (κ2) is 5.85. The summed E-state index contributed by atoms with van der Waals surface area (Å²) >= 11 is 0. The van der Waals surface area contributed by atoms with Crippen molar-refractivity contribution in [3.63, 3.8) is 0 Å². The summed E-state index contributed by atoms with van der Waals surface area (Å²) in [4.78, 5) is 0. The van der Waals surface area contributed by atoms with Gasteiger partial charge in [0.25, 0.3) is 0 Å². The van der Waals surface area contributed by atoms with Crippen molar-refractivity contribution in [3.05, 3.63) is 65.0 Å². The third kappa shape index (κ3) is 3.55. The Morgan fingerprint density at radius 1 is 1.21 bits per heavy atom. The molecule has 3 heteroatoms. The van der Waals surface area contributed by atoms with Crippen molar-refractivity contribution in [2.24, 2.45) is 0 Å². The quantitative estimate of drug-likeness (QED) is 0.906. The van der Waals surface area contributed by atoms with Gasteiger partial charge in [0.05, 0.1) is 6.10 Å². The monoisotopic (exact) mass is 260 g/mol. The highest BCUT2D eigenvalue weighted by Crippen LogP contribution is 2.20. The van der Waals surface area contributed by atoms with Crippen molar-refractivity contribution < 1.29 is 14.2 Å². The number of rotatable bonds is 4. The molecule has 0 heterocycles. The smallest absolute Gasteiger partial charge is 0.123 e. The maximum Gasteiger partial charge on any atom is 0.123 e. The molecule has 0 aromatic heterocycles. The van der Waals surface area contributed by atoms with E-state index in [1.54, 1.807) is 13.0 Å². The van der Waals surface area contributed by atoms with E-state index in [0.29, 0.717) is 12.4 Å². The topological polar surface area (TPSA) is 29.5 Å². The summed E-state index contributed by atoms with van der Waals surface area (Å²) in [6.45, 7) is 3.95. The van der Waals surface area contributed by atoms with Crippen LogP contribution in [-0.2, 0) is 6.61 Å². The van der Waals surface area contributed by atoms with Crippen LogP contribution in [0, 0.1) is 12.7 Å². The summed E-state index contributed by atoms with van der Waals surface area (Å²) in [5, 5.41) is 9.51. The molecular formula is C16H17FO2. The molecule has 19 heavy (non-hydrogen) atoms. The molecule has 0 saturated heterocycles. The standard InChI is InChI=1S/C16H17FO2/c1-11-8-15(17)7-6-14(11)10-19-16-5-3-4-13(9-16)12(2)18/h3-9,12,18H,10H2,1-2H3. The van der Waals surface area contributed by atoms with Gasteiger partial charge < -0.3 is 9.84 Å². The van der Waals surface area contributed by atoms with Gasteiger partial charge in [-0.2, -0.15) is 0 Å². The van der Waals surface area contributed by atoms with Crippen LogP contribution in [0.2, 0.25) is 0 Å². The Morgan fingerprint density at radius 3 is 2.68 bits per heavy atom. The van der Waals surface area contributed by atoms with Gasteiger partial charge in [0.2, 0.25) is 0 Å². The van der Waals surface area contributed by atoms with E-state index in [4.69, 9.17) is 4.74 Å². The lowest BCUT2D eigenvalue weighted by molar-refractivity contribution is 0.198. The van der Waals surface area contributed by atoms with E-state index < -0.39 is 6.10 Å². The Morgan fingerprint density at radius 2 is 2.00 bits per heavy atom. The fourth-order valence-corrected chi connectivity index (χ4v) is 1.85. The molecule has 0 aliphatic heterocycles. The molecule has 0 fully saturated rings. The number of aryl methyl sites for hydroxylation is 1. The second-order valence-corrected chi connectivity index (χ2v) is 4.61. The highest BCUT2D eigenvalue weighted by atomic mass is 19.1. The minimum atomic E-state index is -0.517. The molecule has 0 bridgehead atoms. The molecule has 2 aromatic rings. The molecular weight excluding hydrogens is 243 g/mol. The van der Waals surface area contributed by atoms with Gasteiger partial charge in [0.1, 0.15) is 18.2 Å². The lowest BCUT2D eigenvalue weighted by atomic mass is 10.1. The number of ether oxygens (including phenoxy) is 1. The summed E-state index contributed by atoms with van der Waals surface area (Å²) in [5.74, 6) is 0.458. The summed E-state index contributed by atoms with van der Waals surface area (Å²) in [5.41, 5.74) is 2.63. The first kappa shape index (κ1) is 13.6. The first-order valence-electron chi connectivity index (χ1n) is 6.22. The zero-order valence-corrected chi connectivity index (χ0v) is 11.1. The molecule has 0 spiro atoms. The number of hydrogen-bond donors (Lipinski definition) is 1. The summed E-state index contributed by atoms with van der Waals surface area (Å²) in [6, 6.07) is 12.0. The second-order valence-electron chi connectivity index (χ2n) is 4.61. The molecule has 0 amide bonds. The van der Waals surface area contributed by atoms with E-state index >= 15 is 0 Å². The zero-order chi connectivity index (χ0) is 13.8. The van der Waals surface area contributed by atoms with Gasteiger partial charge in [-0.25, -0.2) is 4.39 Å². The van der Waals surface area contributed by atoms with Gasteiger partial charge in [0.15, 0.2) is 0 Å². The minimum absolute atomic E-state index is 0.239. The maximum absolute atomic E-state index is 13.0. The molecule has 1 N–H and O–H groups in total. The molecule has 0 saturated carbocycles. The van der Waals surface area contributed by atoms with E-state index in [-0.39, 0.29) is 5.82 Å². The largest absolute Gasteiger partial charge is 0.489 e. The van der Waals surface area contributed by atoms with Gasteiger partial charge in [-0.05, 0) is 54.8 Å². The van der Waals surface area contributed by atoms with Crippen LogP contribution in [0.5, 0.6) is 5.75 Å². The lowest BCUT2D eigenvalue weighted by Crippen LogP contribution is -1.99. The lowest BCUT2D eigenvalue weighted by Gasteiger charge is -2.11. The van der Waals surface area contributed by atoms with Crippen LogP contribution in [0.3, 0.4) is 0 Å². The number of hydrogen-bond acceptors (Lipinski definition) is 2. The van der Waals surface area contributed by atoms with Crippen LogP contribution in [0.4, 0.5) is 4.39 Å². The van der Waals surface area contributed by atoms with Crippen molar-refractivity contribution in [2.75, 3.05) is 0 Å². The first-order chi connectivity index (χ1) is 9.06. The average Bonchev–Trinajstić information content (AvgIpc) is 2.38. The molecule has 1 atom stereocenters. The Hall–Kier alpha value is -1.87. The fourth-order valence-electron chi connectivity index (χ4n) is 1.85. The van der Waals surface area contributed by atoms with E-state index in [1.165, 1.54) is 12.1 Å². The van der Waals surface area contributed by atoms with Gasteiger partial charge in [-0.3, -0.25) is 0 Å². The molecule has 2 rings (SSSR count). The summed E-state index contributed by atoms with van der Waals surface area (Å²) < 4.78 is 18.7. The van der Waals surface area contributed by atoms with Gasteiger partial charge in [-0.15, -0.1) is 0 Å². The first-order valence-corrected chi connectivity index (χ1v) is 6.22. The summed E-state index contributed by atoms with van der Waals surface area (Å²) in [6.07, 6.45) is -0.517. The zero-order valence-electron chi connectivity index (χ0n) is 11.1. The number of halogens is 1. The van der Waals surface area contributed by atoms with Crippen LogP contribution in [0.25, 0.3) is 0 Å². The summed E-state index contributed by atoms with van der Waals surface area (Å²) in [7, 11) is 0. The third-order valence-corrected chi connectivity index (χ3v) is 3.04. The third-order valence-electron chi connectivity index (χ3n) is 3.04. The fraction of sp³-hybridized carbons (Fsp3) is 0.250. The highest BCUT2D eigenvalue weighted by Gasteiger charge is 2.04. The Labute approximate surface area is 112 Å². The molecule has 100 valence electrons. The predicted octanol–water partition coefficient (Wildman–Crippen LogP) is 3.77. The molecule has 0 radical (unpaired) electrons. The van der Waals surface area contributed by atoms with Crippen LogP contribution in [0.1, 0.15) is 29.7 Å². The molecule has 0 aliphatic carbocycles. The van der Waals surface area contributed by atoms with Crippen LogP contribution in [0.15, 0.2) is 42.5 Å². The van der Waals surface area contributed by atoms with Crippen LogP contribution >= 0.6 is 0 Å². The minimum Gasteiger partial charge on any atom is -0.489 e. The van der Waals surface area contributed by atoms with E-state index in [2.05, 4.69) is 0 Å².